The van der Waals surface area contributed by atoms with Gasteiger partial charge in [-0.3, -0.25) is 0 Å². The van der Waals surface area contributed by atoms with Gasteiger partial charge in [0.25, 0.3) is 0 Å². The smallest absolute Gasteiger partial charge is 0 e. The Bertz CT molecular complexity index is 181. The van der Waals surface area contributed by atoms with E-state index >= 15 is 0 Å². The van der Waals surface area contributed by atoms with E-state index in [1.807, 2.05) is 72.8 Å². The molecular weight excluding hydrogens is 155 g/mol. The second kappa shape index (κ2) is 8.60. The van der Waals surface area contributed by atoms with Gasteiger partial charge in [0.15, 0.2) is 0 Å². The van der Waals surface area contributed by atoms with E-state index in [4.69, 9.17) is 0 Å². The van der Waals surface area contributed by atoms with Crippen LogP contribution in [0.15, 0.2) is 72.8 Å². The van der Waals surface area contributed by atoms with Crippen LogP contribution in [0.3, 0.4) is 0 Å². The first-order chi connectivity index (χ1) is 6.00. The molecule has 0 aliphatic carbocycles. The largest absolute Gasteiger partial charge is 0.0623 e. The molecule has 0 saturated carbocycles. The zero-order chi connectivity index (χ0) is 8.49. The maximum Gasteiger partial charge on any atom is 0 e. The first-order valence-corrected chi connectivity index (χ1v) is 4.00. The third kappa shape index (κ3) is 6.89. The minimum atomic E-state index is 0. The molecule has 0 spiro atoms. The first kappa shape index (κ1) is 11.5. The fourth-order valence-electron chi connectivity index (χ4n) is 0.770. The van der Waals surface area contributed by atoms with Crippen LogP contribution in [0.5, 0.6) is 0 Å². The van der Waals surface area contributed by atoms with E-state index < -0.39 is 0 Å². The Balaban J connectivity index is 0.000000206. The monoisotopic (exact) mass is 167 g/mol. The topological polar surface area (TPSA) is 0 Å². The van der Waals surface area contributed by atoms with Crippen LogP contribution in [0.1, 0.15) is 0 Å². The predicted molar refractivity (Wildman–Crippen MR) is 58.6 cm³/mol. The highest BCUT2D eigenvalue weighted by Crippen LogP contribution is 1.80. The molecule has 2 rings (SSSR count). The van der Waals surface area contributed by atoms with Crippen LogP contribution in [0.25, 0.3) is 0 Å². The number of rotatable bonds is 0. The van der Waals surface area contributed by atoms with Crippen molar-refractivity contribution >= 4 is 8.41 Å². The fourth-order valence-corrected chi connectivity index (χ4v) is 0.770. The van der Waals surface area contributed by atoms with Gasteiger partial charge < -0.3 is 0 Å². The maximum atomic E-state index is 2.00. The Morgan fingerprint density at radius 3 is 0.385 bits per heavy atom. The molecule has 2 aromatic carbocycles. The lowest BCUT2D eigenvalue weighted by molar-refractivity contribution is 1.72. The SMILES string of the molecule is [B].c1ccccc1.c1ccccc1. The van der Waals surface area contributed by atoms with E-state index in [0.717, 1.165) is 0 Å². The summed E-state index contributed by atoms with van der Waals surface area (Å²) in [7, 11) is 0. The van der Waals surface area contributed by atoms with Crippen LogP contribution >= 0.6 is 0 Å². The van der Waals surface area contributed by atoms with Gasteiger partial charge in [-0.05, 0) is 0 Å². The summed E-state index contributed by atoms with van der Waals surface area (Å²) in [6.07, 6.45) is 0. The summed E-state index contributed by atoms with van der Waals surface area (Å²) in [5.41, 5.74) is 0. The van der Waals surface area contributed by atoms with Crippen molar-refractivity contribution in [3.63, 3.8) is 0 Å². The van der Waals surface area contributed by atoms with Gasteiger partial charge in [-0.15, -0.1) is 0 Å². The van der Waals surface area contributed by atoms with Gasteiger partial charge >= 0.3 is 0 Å². The molecule has 0 saturated heterocycles. The third-order valence-electron chi connectivity index (χ3n) is 1.33. The highest BCUT2D eigenvalue weighted by Gasteiger charge is 1.58. The lowest BCUT2D eigenvalue weighted by Gasteiger charge is -1.69. The lowest BCUT2D eigenvalue weighted by Crippen LogP contribution is -1.47. The molecule has 0 amide bonds. The van der Waals surface area contributed by atoms with Crippen LogP contribution in [-0.4, -0.2) is 8.41 Å². The van der Waals surface area contributed by atoms with Gasteiger partial charge in [0.1, 0.15) is 0 Å². The van der Waals surface area contributed by atoms with Gasteiger partial charge in [0, 0.05) is 8.41 Å². The molecule has 2 aromatic rings. The third-order valence-corrected chi connectivity index (χ3v) is 1.33. The van der Waals surface area contributed by atoms with E-state index in [-0.39, 0.29) is 8.41 Å². The summed E-state index contributed by atoms with van der Waals surface area (Å²) in [6, 6.07) is 24.0. The fraction of sp³-hybridized carbons (Fsp3) is 0. The van der Waals surface area contributed by atoms with Crippen molar-refractivity contribution in [1.82, 2.24) is 0 Å². The van der Waals surface area contributed by atoms with Gasteiger partial charge in [-0.1, -0.05) is 72.8 Å². The number of hydrogen-bond acceptors (Lipinski definition) is 0. The summed E-state index contributed by atoms with van der Waals surface area (Å²) in [4.78, 5) is 0. The second-order valence-corrected chi connectivity index (χ2v) is 2.31. The molecule has 0 unspecified atom stereocenters. The van der Waals surface area contributed by atoms with Crippen molar-refractivity contribution in [2.24, 2.45) is 0 Å². The van der Waals surface area contributed by atoms with Crippen molar-refractivity contribution in [2.45, 2.75) is 0 Å². The lowest BCUT2D eigenvalue weighted by atomic mass is 10.4. The Hall–Kier alpha value is -1.50. The normalized spacial score (nSPS) is 7.38. The van der Waals surface area contributed by atoms with Gasteiger partial charge in [0.2, 0.25) is 0 Å². The average Bonchev–Trinajstić information content (AvgIpc) is 2.24. The molecule has 0 atom stereocenters. The Labute approximate surface area is 81.8 Å². The highest BCUT2D eigenvalue weighted by molar-refractivity contribution is 5.75. The van der Waals surface area contributed by atoms with Crippen LogP contribution < -0.4 is 0 Å². The molecule has 0 aromatic heterocycles. The molecule has 0 N–H and O–H groups in total. The van der Waals surface area contributed by atoms with E-state index in [9.17, 15) is 0 Å². The minimum absolute atomic E-state index is 0. The summed E-state index contributed by atoms with van der Waals surface area (Å²) in [5, 5.41) is 0. The van der Waals surface area contributed by atoms with Crippen molar-refractivity contribution in [2.75, 3.05) is 0 Å². The van der Waals surface area contributed by atoms with E-state index in [0.29, 0.717) is 0 Å². The zero-order valence-corrected chi connectivity index (χ0v) is 7.51. The van der Waals surface area contributed by atoms with Crippen LogP contribution in [0, 0.1) is 0 Å². The molecule has 0 aliphatic rings. The second-order valence-electron chi connectivity index (χ2n) is 2.31. The summed E-state index contributed by atoms with van der Waals surface area (Å²) < 4.78 is 0. The molecule has 1 heteroatoms. The van der Waals surface area contributed by atoms with Crippen LogP contribution in [-0.2, 0) is 0 Å². The molecule has 0 fully saturated rings. The molecule has 0 nitrogen and oxygen atoms in total. The molecular formula is C12H12B. The molecule has 0 bridgehead atoms. The van der Waals surface area contributed by atoms with Crippen molar-refractivity contribution in [3.05, 3.63) is 72.8 Å². The molecule has 0 heterocycles. The number of hydrogen-bond donors (Lipinski definition) is 0. The van der Waals surface area contributed by atoms with Gasteiger partial charge in [-0.2, -0.15) is 0 Å². The molecule has 63 valence electrons. The average molecular weight is 167 g/mol. The molecule has 3 radical (unpaired) electrons. The highest BCUT2D eigenvalue weighted by atomic mass is 13.7. The maximum absolute atomic E-state index is 2.00. The number of benzene rings is 2. The quantitative estimate of drug-likeness (QED) is 0.529. The summed E-state index contributed by atoms with van der Waals surface area (Å²) in [6.45, 7) is 0. The summed E-state index contributed by atoms with van der Waals surface area (Å²) >= 11 is 0. The van der Waals surface area contributed by atoms with Gasteiger partial charge in [-0.25, -0.2) is 0 Å². The molecule has 0 aliphatic heterocycles. The van der Waals surface area contributed by atoms with E-state index in [1.165, 1.54) is 0 Å². The predicted octanol–water partition coefficient (Wildman–Crippen LogP) is 2.99. The van der Waals surface area contributed by atoms with E-state index in [2.05, 4.69) is 0 Å². The first-order valence-electron chi connectivity index (χ1n) is 4.00. The summed E-state index contributed by atoms with van der Waals surface area (Å²) in [5.74, 6) is 0. The minimum Gasteiger partial charge on any atom is -0.0623 e. The Kier molecular flexibility index (Phi) is 7.61. The Morgan fingerprint density at radius 1 is 0.231 bits per heavy atom. The van der Waals surface area contributed by atoms with Crippen LogP contribution in [0.2, 0.25) is 0 Å². The van der Waals surface area contributed by atoms with E-state index in [1.54, 1.807) is 0 Å². The Morgan fingerprint density at radius 2 is 0.308 bits per heavy atom. The molecule has 13 heavy (non-hydrogen) atoms. The van der Waals surface area contributed by atoms with Crippen molar-refractivity contribution in [1.29, 1.82) is 0 Å². The standard InChI is InChI=1S/2C6H6.B/c2*1-2-4-6-5-3-1;/h2*1-6H;. The van der Waals surface area contributed by atoms with Crippen LogP contribution in [0.4, 0.5) is 0 Å². The van der Waals surface area contributed by atoms with Crippen molar-refractivity contribution in [3.8, 4) is 0 Å². The van der Waals surface area contributed by atoms with Crippen molar-refractivity contribution < 1.29 is 0 Å². The van der Waals surface area contributed by atoms with Gasteiger partial charge in [0.05, 0.1) is 0 Å². The zero-order valence-electron chi connectivity index (χ0n) is 7.51.